The summed E-state index contributed by atoms with van der Waals surface area (Å²) in [5.41, 5.74) is 13.0. The van der Waals surface area contributed by atoms with Gasteiger partial charge in [-0.05, 0) is 31.9 Å². The van der Waals surface area contributed by atoms with Gasteiger partial charge in [-0.15, -0.1) is 0 Å². The fourth-order valence-corrected chi connectivity index (χ4v) is 1.75. The van der Waals surface area contributed by atoms with Crippen LogP contribution in [0.15, 0.2) is 24.3 Å². The second-order valence-electron chi connectivity index (χ2n) is 4.48. The van der Waals surface area contributed by atoms with Crippen molar-refractivity contribution in [3.8, 4) is 0 Å². The molecule has 0 heterocycles. The highest BCUT2D eigenvalue weighted by Gasteiger charge is 2.12. The summed E-state index contributed by atoms with van der Waals surface area (Å²) >= 11 is 0. The zero-order valence-electron chi connectivity index (χ0n) is 10.5. The highest BCUT2D eigenvalue weighted by atomic mass is 16.1. The fourth-order valence-electron chi connectivity index (χ4n) is 1.75. The van der Waals surface area contributed by atoms with Gasteiger partial charge in [0.05, 0.1) is 6.54 Å². The van der Waals surface area contributed by atoms with Crippen molar-refractivity contribution in [3.05, 3.63) is 29.8 Å². The molecule has 4 heteroatoms. The molecule has 1 amide bonds. The van der Waals surface area contributed by atoms with Crippen LogP contribution in [0.2, 0.25) is 0 Å². The average Bonchev–Trinajstić information content (AvgIpc) is 2.25. The second kappa shape index (κ2) is 6.25. The molecule has 0 spiro atoms. The summed E-state index contributed by atoms with van der Waals surface area (Å²) in [6.45, 7) is 5.19. The van der Waals surface area contributed by atoms with Gasteiger partial charge in [0.15, 0.2) is 0 Å². The molecule has 0 aromatic heterocycles. The molecule has 0 aliphatic carbocycles. The number of rotatable bonds is 6. The van der Waals surface area contributed by atoms with Crippen LogP contribution in [0.3, 0.4) is 0 Å². The maximum atomic E-state index is 10.9. The van der Waals surface area contributed by atoms with E-state index >= 15 is 0 Å². The molecule has 4 nitrogen and oxygen atoms in total. The number of benzene rings is 1. The Morgan fingerprint density at radius 2 is 2.00 bits per heavy atom. The SMILES string of the molecule is CC(C)N(CCc1ccccc1N)CC(N)=O. The first kappa shape index (κ1) is 13.5. The lowest BCUT2D eigenvalue weighted by molar-refractivity contribution is -0.119. The van der Waals surface area contributed by atoms with Crippen LogP contribution in [-0.2, 0) is 11.2 Å². The number of carbonyl (C=O) groups excluding carboxylic acids is 1. The largest absolute Gasteiger partial charge is 0.399 e. The zero-order valence-corrected chi connectivity index (χ0v) is 10.5. The lowest BCUT2D eigenvalue weighted by Crippen LogP contribution is -2.39. The molecular weight excluding hydrogens is 214 g/mol. The molecule has 4 N–H and O–H groups in total. The third-order valence-electron chi connectivity index (χ3n) is 2.81. The predicted octanol–water partition coefficient (Wildman–Crippen LogP) is 1.01. The van der Waals surface area contributed by atoms with E-state index in [0.717, 1.165) is 24.2 Å². The van der Waals surface area contributed by atoms with E-state index in [1.807, 2.05) is 24.3 Å². The summed E-state index contributed by atoms with van der Waals surface area (Å²) < 4.78 is 0. The van der Waals surface area contributed by atoms with Gasteiger partial charge in [0.25, 0.3) is 0 Å². The first-order valence-electron chi connectivity index (χ1n) is 5.86. The van der Waals surface area contributed by atoms with Gasteiger partial charge in [-0.3, -0.25) is 9.69 Å². The monoisotopic (exact) mass is 235 g/mol. The minimum absolute atomic E-state index is 0.292. The van der Waals surface area contributed by atoms with Crippen molar-refractivity contribution in [1.29, 1.82) is 0 Å². The fraction of sp³-hybridized carbons (Fsp3) is 0.462. The number of nitrogens with zero attached hydrogens (tertiary/aromatic N) is 1. The Balaban J connectivity index is 2.58. The molecule has 0 saturated carbocycles. The molecule has 0 bridgehead atoms. The Kier molecular flexibility index (Phi) is 4.97. The molecule has 94 valence electrons. The maximum absolute atomic E-state index is 10.9. The Bertz CT molecular complexity index is 377. The lowest BCUT2D eigenvalue weighted by atomic mass is 10.1. The second-order valence-corrected chi connectivity index (χ2v) is 4.48. The Morgan fingerprint density at radius 3 is 2.53 bits per heavy atom. The number of para-hydroxylation sites is 1. The molecule has 0 saturated heterocycles. The molecule has 1 rings (SSSR count). The highest BCUT2D eigenvalue weighted by Crippen LogP contribution is 2.12. The van der Waals surface area contributed by atoms with Crippen LogP contribution < -0.4 is 11.5 Å². The van der Waals surface area contributed by atoms with Gasteiger partial charge in [0.1, 0.15) is 0 Å². The molecule has 0 aliphatic rings. The number of nitrogen functional groups attached to an aromatic ring is 1. The van der Waals surface area contributed by atoms with E-state index in [1.165, 1.54) is 0 Å². The van der Waals surface area contributed by atoms with Crippen LogP contribution in [0.5, 0.6) is 0 Å². The molecule has 0 unspecified atom stereocenters. The van der Waals surface area contributed by atoms with Gasteiger partial charge >= 0.3 is 0 Å². The average molecular weight is 235 g/mol. The number of anilines is 1. The quantitative estimate of drug-likeness (QED) is 0.723. The molecule has 0 atom stereocenters. The Labute approximate surface area is 103 Å². The van der Waals surface area contributed by atoms with Crippen molar-refractivity contribution in [1.82, 2.24) is 4.90 Å². The molecule has 0 fully saturated rings. The topological polar surface area (TPSA) is 72.3 Å². The third kappa shape index (κ3) is 4.44. The summed E-state index contributed by atoms with van der Waals surface area (Å²) in [5.74, 6) is -0.292. The number of primary amides is 1. The van der Waals surface area contributed by atoms with Crippen molar-refractivity contribution >= 4 is 11.6 Å². The molecule has 1 aromatic carbocycles. The minimum Gasteiger partial charge on any atom is -0.399 e. The molecule has 0 radical (unpaired) electrons. The number of amides is 1. The number of hydrogen-bond acceptors (Lipinski definition) is 3. The molecule has 17 heavy (non-hydrogen) atoms. The van der Waals surface area contributed by atoms with Gasteiger partial charge in [0.2, 0.25) is 5.91 Å². The van der Waals surface area contributed by atoms with Crippen molar-refractivity contribution in [3.63, 3.8) is 0 Å². The zero-order chi connectivity index (χ0) is 12.8. The third-order valence-corrected chi connectivity index (χ3v) is 2.81. The number of carbonyl (C=O) groups is 1. The first-order valence-corrected chi connectivity index (χ1v) is 5.86. The van der Waals surface area contributed by atoms with Crippen LogP contribution in [0, 0.1) is 0 Å². The molecule has 1 aromatic rings. The van der Waals surface area contributed by atoms with Gasteiger partial charge in [-0.25, -0.2) is 0 Å². The summed E-state index contributed by atoms with van der Waals surface area (Å²) in [5, 5.41) is 0. The van der Waals surface area contributed by atoms with Crippen LogP contribution in [0.25, 0.3) is 0 Å². The standard InChI is InChI=1S/C13H21N3O/c1-10(2)16(9-13(15)17)8-7-11-5-3-4-6-12(11)14/h3-6,10H,7-9,14H2,1-2H3,(H2,15,17). The highest BCUT2D eigenvalue weighted by molar-refractivity contribution is 5.75. The van der Waals surface area contributed by atoms with E-state index in [-0.39, 0.29) is 5.91 Å². The van der Waals surface area contributed by atoms with E-state index in [0.29, 0.717) is 12.6 Å². The summed E-state index contributed by atoms with van der Waals surface area (Å²) in [7, 11) is 0. The first-order chi connectivity index (χ1) is 8.00. The van der Waals surface area contributed by atoms with E-state index in [9.17, 15) is 4.79 Å². The van der Waals surface area contributed by atoms with Crippen molar-refractivity contribution < 1.29 is 4.79 Å². The van der Waals surface area contributed by atoms with Crippen molar-refractivity contribution in [2.45, 2.75) is 26.3 Å². The number of hydrogen-bond donors (Lipinski definition) is 2. The van der Waals surface area contributed by atoms with Crippen LogP contribution >= 0.6 is 0 Å². The van der Waals surface area contributed by atoms with Gasteiger partial charge in [-0.1, -0.05) is 18.2 Å². The van der Waals surface area contributed by atoms with Crippen LogP contribution in [0.4, 0.5) is 5.69 Å². The summed E-state index contributed by atoms with van der Waals surface area (Å²) in [4.78, 5) is 13.0. The van der Waals surface area contributed by atoms with Gasteiger partial charge < -0.3 is 11.5 Å². The van der Waals surface area contributed by atoms with Crippen molar-refractivity contribution in [2.24, 2.45) is 5.73 Å². The summed E-state index contributed by atoms with van der Waals surface area (Å²) in [6.07, 6.45) is 0.831. The maximum Gasteiger partial charge on any atom is 0.231 e. The van der Waals surface area contributed by atoms with Gasteiger partial charge in [0, 0.05) is 18.3 Å². The van der Waals surface area contributed by atoms with E-state index in [2.05, 4.69) is 18.7 Å². The van der Waals surface area contributed by atoms with E-state index in [1.54, 1.807) is 0 Å². The number of nitrogens with two attached hydrogens (primary N) is 2. The molecule has 0 aliphatic heterocycles. The van der Waals surface area contributed by atoms with E-state index < -0.39 is 0 Å². The Hall–Kier alpha value is -1.55. The minimum atomic E-state index is -0.292. The lowest BCUT2D eigenvalue weighted by Gasteiger charge is -2.25. The van der Waals surface area contributed by atoms with Gasteiger partial charge in [-0.2, -0.15) is 0 Å². The van der Waals surface area contributed by atoms with Crippen LogP contribution in [0.1, 0.15) is 19.4 Å². The summed E-state index contributed by atoms with van der Waals surface area (Å²) in [6, 6.07) is 8.09. The predicted molar refractivity (Wildman–Crippen MR) is 70.5 cm³/mol. The Morgan fingerprint density at radius 1 is 1.35 bits per heavy atom. The van der Waals surface area contributed by atoms with Crippen molar-refractivity contribution in [2.75, 3.05) is 18.8 Å². The smallest absolute Gasteiger partial charge is 0.231 e. The van der Waals surface area contributed by atoms with Crippen LogP contribution in [-0.4, -0.2) is 29.9 Å². The molecular formula is C13H21N3O. The van der Waals surface area contributed by atoms with E-state index in [4.69, 9.17) is 11.5 Å². The normalized spacial score (nSPS) is 11.1.